The molecule has 0 aliphatic carbocycles. The molecule has 1 aromatic heterocycles. The first-order valence-corrected chi connectivity index (χ1v) is 5.81. The lowest BCUT2D eigenvalue weighted by Gasteiger charge is -2.11. The molecule has 0 saturated carbocycles. The summed E-state index contributed by atoms with van der Waals surface area (Å²) in [6, 6.07) is 7.55. The lowest BCUT2D eigenvalue weighted by Crippen LogP contribution is -2.15. The summed E-state index contributed by atoms with van der Waals surface area (Å²) in [6.07, 6.45) is 4.16. The van der Waals surface area contributed by atoms with E-state index in [0.717, 1.165) is 22.0 Å². The molecule has 0 radical (unpaired) electrons. The Labute approximate surface area is 106 Å². The number of benzene rings is 1. The summed E-state index contributed by atoms with van der Waals surface area (Å²) in [5.41, 5.74) is 8.88. The van der Waals surface area contributed by atoms with E-state index in [1.54, 1.807) is 12.4 Å². The van der Waals surface area contributed by atoms with Crippen LogP contribution in [-0.4, -0.2) is 9.97 Å². The summed E-state index contributed by atoms with van der Waals surface area (Å²) in [4.78, 5) is 8.47. The summed E-state index contributed by atoms with van der Waals surface area (Å²) in [6.45, 7) is 1.90. The van der Waals surface area contributed by atoms with Crippen molar-refractivity contribution in [2.75, 3.05) is 0 Å². The van der Waals surface area contributed by atoms with Gasteiger partial charge in [-0.05, 0) is 31.0 Å². The van der Waals surface area contributed by atoms with E-state index in [0.29, 0.717) is 6.42 Å². The van der Waals surface area contributed by atoms with Crippen LogP contribution in [0.4, 0.5) is 0 Å². The van der Waals surface area contributed by atoms with Gasteiger partial charge in [0.1, 0.15) is 0 Å². The van der Waals surface area contributed by atoms with E-state index < -0.39 is 0 Å². The van der Waals surface area contributed by atoms with Crippen LogP contribution in [0, 0.1) is 6.92 Å². The number of nitrogens with zero attached hydrogens (tertiary/aromatic N) is 2. The van der Waals surface area contributed by atoms with Crippen molar-refractivity contribution in [3.63, 3.8) is 0 Å². The molecule has 0 aliphatic rings. The van der Waals surface area contributed by atoms with Crippen molar-refractivity contribution >= 4 is 11.6 Å². The van der Waals surface area contributed by atoms with E-state index in [9.17, 15) is 0 Å². The van der Waals surface area contributed by atoms with Crippen molar-refractivity contribution in [3.05, 3.63) is 58.6 Å². The van der Waals surface area contributed by atoms with Crippen LogP contribution in [0.15, 0.2) is 36.7 Å². The highest BCUT2D eigenvalue weighted by atomic mass is 35.5. The van der Waals surface area contributed by atoms with Gasteiger partial charge >= 0.3 is 0 Å². The Bertz CT molecular complexity index is 496. The van der Waals surface area contributed by atoms with Gasteiger partial charge in [0.15, 0.2) is 0 Å². The van der Waals surface area contributed by atoms with Gasteiger partial charge in [0, 0.05) is 11.2 Å². The molecule has 0 saturated heterocycles. The summed E-state index contributed by atoms with van der Waals surface area (Å²) in [7, 11) is 0. The van der Waals surface area contributed by atoms with Crippen LogP contribution in [-0.2, 0) is 6.42 Å². The van der Waals surface area contributed by atoms with E-state index in [1.165, 1.54) is 0 Å². The standard InChI is InChI=1S/C13H14ClN3/c1-9-7-17-13(8-16-9)12(15)6-10-3-2-4-11(14)5-10/h2-5,7-8,12H,6,15H2,1H3. The molecule has 4 heteroatoms. The summed E-state index contributed by atoms with van der Waals surface area (Å²) in [5, 5.41) is 0.727. The SMILES string of the molecule is Cc1cnc(C(N)Cc2cccc(Cl)c2)cn1. The first-order valence-electron chi connectivity index (χ1n) is 5.44. The fourth-order valence-electron chi connectivity index (χ4n) is 1.62. The van der Waals surface area contributed by atoms with Gasteiger partial charge in [-0.15, -0.1) is 0 Å². The normalized spacial score (nSPS) is 12.4. The van der Waals surface area contributed by atoms with Crippen molar-refractivity contribution in [2.45, 2.75) is 19.4 Å². The molecule has 2 rings (SSSR count). The minimum Gasteiger partial charge on any atom is -0.322 e. The van der Waals surface area contributed by atoms with Crippen LogP contribution in [0.1, 0.15) is 23.0 Å². The topological polar surface area (TPSA) is 51.8 Å². The van der Waals surface area contributed by atoms with Gasteiger partial charge in [-0.1, -0.05) is 23.7 Å². The fraction of sp³-hybridized carbons (Fsp3) is 0.231. The van der Waals surface area contributed by atoms with Crippen molar-refractivity contribution in [2.24, 2.45) is 5.73 Å². The van der Waals surface area contributed by atoms with E-state index in [2.05, 4.69) is 9.97 Å². The van der Waals surface area contributed by atoms with Crippen LogP contribution in [0.5, 0.6) is 0 Å². The molecule has 0 bridgehead atoms. The largest absolute Gasteiger partial charge is 0.322 e. The number of hydrogen-bond acceptors (Lipinski definition) is 3. The third kappa shape index (κ3) is 3.25. The number of nitrogens with two attached hydrogens (primary N) is 1. The molecular formula is C13H14ClN3. The molecule has 88 valence electrons. The van der Waals surface area contributed by atoms with Crippen LogP contribution in [0.2, 0.25) is 5.02 Å². The predicted molar refractivity (Wildman–Crippen MR) is 68.9 cm³/mol. The molecule has 1 aromatic carbocycles. The molecule has 1 unspecified atom stereocenters. The zero-order valence-corrected chi connectivity index (χ0v) is 10.4. The maximum atomic E-state index is 6.08. The molecule has 1 heterocycles. The van der Waals surface area contributed by atoms with E-state index in [1.807, 2.05) is 31.2 Å². The maximum Gasteiger partial charge on any atom is 0.0757 e. The second-order valence-corrected chi connectivity index (χ2v) is 4.46. The predicted octanol–water partition coefficient (Wildman–Crippen LogP) is 2.68. The number of rotatable bonds is 3. The van der Waals surface area contributed by atoms with E-state index >= 15 is 0 Å². The molecular weight excluding hydrogens is 234 g/mol. The number of halogens is 1. The van der Waals surface area contributed by atoms with Crippen molar-refractivity contribution in [1.82, 2.24) is 9.97 Å². The third-order valence-electron chi connectivity index (χ3n) is 2.53. The van der Waals surface area contributed by atoms with Crippen molar-refractivity contribution in [3.8, 4) is 0 Å². The minimum atomic E-state index is -0.151. The molecule has 0 fully saturated rings. The Morgan fingerprint density at radius 1 is 1.29 bits per heavy atom. The molecule has 17 heavy (non-hydrogen) atoms. The van der Waals surface area contributed by atoms with Gasteiger partial charge in [-0.25, -0.2) is 0 Å². The number of aromatic nitrogens is 2. The third-order valence-corrected chi connectivity index (χ3v) is 2.76. The van der Waals surface area contributed by atoms with Gasteiger partial charge in [0.05, 0.1) is 23.6 Å². The van der Waals surface area contributed by atoms with Gasteiger partial charge in [-0.2, -0.15) is 0 Å². The monoisotopic (exact) mass is 247 g/mol. The highest BCUT2D eigenvalue weighted by molar-refractivity contribution is 6.30. The molecule has 0 amide bonds. The molecule has 2 N–H and O–H groups in total. The second-order valence-electron chi connectivity index (χ2n) is 4.02. The Hall–Kier alpha value is -1.45. The summed E-state index contributed by atoms with van der Waals surface area (Å²) >= 11 is 5.93. The van der Waals surface area contributed by atoms with Gasteiger partial charge in [0.25, 0.3) is 0 Å². The second kappa shape index (κ2) is 5.25. The highest BCUT2D eigenvalue weighted by Crippen LogP contribution is 2.16. The highest BCUT2D eigenvalue weighted by Gasteiger charge is 2.09. The van der Waals surface area contributed by atoms with Crippen LogP contribution >= 0.6 is 11.6 Å². The number of hydrogen-bond donors (Lipinski definition) is 1. The molecule has 0 spiro atoms. The molecule has 0 aliphatic heterocycles. The Morgan fingerprint density at radius 3 is 2.76 bits per heavy atom. The zero-order valence-electron chi connectivity index (χ0n) is 9.60. The minimum absolute atomic E-state index is 0.151. The average Bonchev–Trinajstić information content (AvgIpc) is 2.29. The molecule has 3 nitrogen and oxygen atoms in total. The first kappa shape index (κ1) is 12.0. The fourth-order valence-corrected chi connectivity index (χ4v) is 1.83. The summed E-state index contributed by atoms with van der Waals surface area (Å²) < 4.78 is 0. The average molecular weight is 248 g/mol. The van der Waals surface area contributed by atoms with Gasteiger partial charge < -0.3 is 5.73 Å². The smallest absolute Gasteiger partial charge is 0.0757 e. The lowest BCUT2D eigenvalue weighted by atomic mass is 10.0. The van der Waals surface area contributed by atoms with Gasteiger partial charge in [-0.3, -0.25) is 9.97 Å². The van der Waals surface area contributed by atoms with E-state index in [4.69, 9.17) is 17.3 Å². The Morgan fingerprint density at radius 2 is 2.12 bits per heavy atom. The van der Waals surface area contributed by atoms with Gasteiger partial charge in [0.2, 0.25) is 0 Å². The zero-order chi connectivity index (χ0) is 12.3. The molecule has 2 aromatic rings. The van der Waals surface area contributed by atoms with Crippen LogP contribution < -0.4 is 5.73 Å². The summed E-state index contributed by atoms with van der Waals surface area (Å²) in [5.74, 6) is 0. The van der Waals surface area contributed by atoms with Crippen molar-refractivity contribution in [1.29, 1.82) is 0 Å². The van der Waals surface area contributed by atoms with Crippen LogP contribution in [0.3, 0.4) is 0 Å². The quantitative estimate of drug-likeness (QED) is 0.907. The number of aryl methyl sites for hydroxylation is 1. The molecule has 1 atom stereocenters. The maximum absolute atomic E-state index is 6.08. The van der Waals surface area contributed by atoms with E-state index in [-0.39, 0.29) is 6.04 Å². The first-order chi connectivity index (χ1) is 8.15. The van der Waals surface area contributed by atoms with Crippen LogP contribution in [0.25, 0.3) is 0 Å². The Balaban J connectivity index is 2.11. The van der Waals surface area contributed by atoms with Crippen molar-refractivity contribution < 1.29 is 0 Å². The Kier molecular flexibility index (Phi) is 3.71. The lowest BCUT2D eigenvalue weighted by molar-refractivity contribution is 0.689.